The summed E-state index contributed by atoms with van der Waals surface area (Å²) in [7, 11) is 3.07. The molecule has 3 N–H and O–H groups in total. The third kappa shape index (κ3) is 4.62. The van der Waals surface area contributed by atoms with Gasteiger partial charge in [0.15, 0.2) is 5.82 Å². The number of aromatic nitrogens is 6. The van der Waals surface area contributed by atoms with Crippen LogP contribution in [-0.2, 0) is 11.8 Å². The van der Waals surface area contributed by atoms with E-state index in [1.54, 1.807) is 25.6 Å². The number of ether oxygens (including phenoxy) is 2. The Morgan fingerprint density at radius 2 is 2.03 bits per heavy atom. The van der Waals surface area contributed by atoms with Crippen molar-refractivity contribution in [2.75, 3.05) is 30.9 Å². The highest BCUT2D eigenvalue weighted by molar-refractivity contribution is 6.01. The SMILES string of the molecule is CNC(=O)c1c(NC(=O)Oc2nc(C3CCOC3)cnc2Nc2cncnc2)cnn1C. The summed E-state index contributed by atoms with van der Waals surface area (Å²) in [5, 5.41) is 12.0. The quantitative estimate of drug-likeness (QED) is 0.510. The Kier molecular flexibility index (Phi) is 6.17. The number of amides is 2. The van der Waals surface area contributed by atoms with Crippen LogP contribution in [0, 0.1) is 0 Å². The van der Waals surface area contributed by atoms with E-state index in [0.29, 0.717) is 24.6 Å². The first-order chi connectivity index (χ1) is 15.5. The van der Waals surface area contributed by atoms with Gasteiger partial charge < -0.3 is 20.1 Å². The first kappa shape index (κ1) is 21.1. The van der Waals surface area contributed by atoms with Gasteiger partial charge in [0.25, 0.3) is 11.8 Å². The van der Waals surface area contributed by atoms with E-state index in [9.17, 15) is 9.59 Å². The smallest absolute Gasteiger partial charge is 0.387 e. The van der Waals surface area contributed by atoms with Gasteiger partial charge in [0.1, 0.15) is 12.0 Å². The average Bonchev–Trinajstić information content (AvgIpc) is 3.45. The summed E-state index contributed by atoms with van der Waals surface area (Å²) in [6.07, 6.45) is 7.38. The van der Waals surface area contributed by atoms with Crippen molar-refractivity contribution in [2.24, 2.45) is 7.05 Å². The first-order valence-electron chi connectivity index (χ1n) is 9.74. The van der Waals surface area contributed by atoms with Crippen LogP contribution in [0.3, 0.4) is 0 Å². The van der Waals surface area contributed by atoms with Gasteiger partial charge >= 0.3 is 6.09 Å². The molecule has 1 atom stereocenters. The van der Waals surface area contributed by atoms with Crippen LogP contribution in [0.15, 0.2) is 31.1 Å². The number of hydrogen-bond acceptors (Lipinski definition) is 10. The van der Waals surface area contributed by atoms with E-state index in [2.05, 4.69) is 41.0 Å². The molecule has 0 aliphatic carbocycles. The summed E-state index contributed by atoms with van der Waals surface area (Å²) in [5.74, 6) is -0.189. The molecule has 3 aromatic heterocycles. The lowest BCUT2D eigenvalue weighted by Gasteiger charge is -2.14. The summed E-state index contributed by atoms with van der Waals surface area (Å²) in [6, 6.07) is 0. The second-order valence-corrected chi connectivity index (χ2v) is 6.89. The number of anilines is 3. The van der Waals surface area contributed by atoms with Crippen LogP contribution < -0.4 is 20.7 Å². The topological polar surface area (TPSA) is 158 Å². The molecule has 0 aromatic carbocycles. The molecule has 1 unspecified atom stereocenters. The fourth-order valence-corrected chi connectivity index (χ4v) is 3.15. The van der Waals surface area contributed by atoms with Gasteiger partial charge in [-0.05, 0) is 6.42 Å². The average molecular weight is 439 g/mol. The van der Waals surface area contributed by atoms with E-state index in [4.69, 9.17) is 9.47 Å². The van der Waals surface area contributed by atoms with Gasteiger partial charge in [-0.15, -0.1) is 0 Å². The van der Waals surface area contributed by atoms with Crippen molar-refractivity contribution in [3.63, 3.8) is 0 Å². The molecule has 0 saturated carbocycles. The number of rotatable bonds is 6. The highest BCUT2D eigenvalue weighted by Gasteiger charge is 2.24. The minimum Gasteiger partial charge on any atom is -0.387 e. The molecule has 1 saturated heterocycles. The van der Waals surface area contributed by atoms with Crippen molar-refractivity contribution in [1.82, 2.24) is 35.0 Å². The Balaban J connectivity index is 1.58. The highest BCUT2D eigenvalue weighted by Crippen LogP contribution is 2.29. The lowest BCUT2D eigenvalue weighted by atomic mass is 10.1. The van der Waals surface area contributed by atoms with E-state index in [0.717, 1.165) is 6.42 Å². The van der Waals surface area contributed by atoms with Gasteiger partial charge in [-0.25, -0.2) is 24.7 Å². The van der Waals surface area contributed by atoms with Crippen molar-refractivity contribution in [3.8, 4) is 5.88 Å². The normalized spacial score (nSPS) is 15.2. The first-order valence-corrected chi connectivity index (χ1v) is 9.74. The molecule has 0 spiro atoms. The Bertz CT molecular complexity index is 1110. The van der Waals surface area contributed by atoms with Gasteiger partial charge in [-0.3, -0.25) is 14.8 Å². The zero-order valence-corrected chi connectivity index (χ0v) is 17.4. The number of nitrogens with one attached hydrogen (secondary N) is 3. The second-order valence-electron chi connectivity index (χ2n) is 6.89. The van der Waals surface area contributed by atoms with Crippen LogP contribution in [0.4, 0.5) is 22.0 Å². The Morgan fingerprint density at radius 1 is 1.22 bits per heavy atom. The molecule has 13 nitrogen and oxygen atoms in total. The summed E-state index contributed by atoms with van der Waals surface area (Å²) in [6.45, 7) is 1.15. The standard InChI is InChI=1S/C19H21N9O4/c1-20-17(29)15-14(8-24-28(15)2)27-19(30)32-18-16(25-12-5-21-10-22-6-12)23-7-13(26-18)11-3-4-31-9-11/h5-8,10-11H,3-4,9H2,1-2H3,(H,20,29)(H,23,25)(H,27,30). The maximum atomic E-state index is 12.6. The molecule has 0 bridgehead atoms. The van der Waals surface area contributed by atoms with Crippen LogP contribution in [0.5, 0.6) is 5.88 Å². The van der Waals surface area contributed by atoms with Crippen molar-refractivity contribution >= 4 is 29.2 Å². The van der Waals surface area contributed by atoms with Gasteiger partial charge in [-0.2, -0.15) is 5.10 Å². The van der Waals surface area contributed by atoms with Crippen molar-refractivity contribution < 1.29 is 19.1 Å². The number of aryl methyl sites for hydroxylation is 1. The lowest BCUT2D eigenvalue weighted by molar-refractivity contribution is 0.0954. The number of hydrogen-bond donors (Lipinski definition) is 3. The maximum Gasteiger partial charge on any atom is 0.418 e. The second kappa shape index (κ2) is 9.34. The van der Waals surface area contributed by atoms with E-state index in [1.807, 2.05) is 0 Å². The maximum absolute atomic E-state index is 12.6. The van der Waals surface area contributed by atoms with E-state index >= 15 is 0 Å². The minimum atomic E-state index is -0.857. The summed E-state index contributed by atoms with van der Waals surface area (Å²) in [5.41, 5.74) is 1.55. The van der Waals surface area contributed by atoms with Gasteiger partial charge in [0.2, 0.25) is 0 Å². The van der Waals surface area contributed by atoms with Crippen LogP contribution in [0.2, 0.25) is 0 Å². The molecule has 32 heavy (non-hydrogen) atoms. The predicted molar refractivity (Wildman–Crippen MR) is 112 cm³/mol. The molecule has 1 fully saturated rings. The molecule has 166 valence electrons. The number of carbonyl (C=O) groups excluding carboxylic acids is 2. The van der Waals surface area contributed by atoms with Crippen molar-refractivity contribution in [3.05, 3.63) is 42.5 Å². The minimum absolute atomic E-state index is 0.0406. The summed E-state index contributed by atoms with van der Waals surface area (Å²) >= 11 is 0. The molecule has 3 aromatic rings. The van der Waals surface area contributed by atoms with Gasteiger partial charge in [-0.1, -0.05) is 0 Å². The fraction of sp³-hybridized carbons (Fsp3) is 0.316. The van der Waals surface area contributed by atoms with Crippen LogP contribution in [-0.4, -0.2) is 62.0 Å². The van der Waals surface area contributed by atoms with E-state index in [1.165, 1.54) is 24.3 Å². The fourth-order valence-electron chi connectivity index (χ4n) is 3.15. The largest absolute Gasteiger partial charge is 0.418 e. The zero-order chi connectivity index (χ0) is 22.5. The third-order valence-electron chi connectivity index (χ3n) is 4.74. The van der Waals surface area contributed by atoms with Crippen molar-refractivity contribution in [1.29, 1.82) is 0 Å². The Morgan fingerprint density at radius 3 is 2.75 bits per heavy atom. The van der Waals surface area contributed by atoms with Gasteiger partial charge in [0.05, 0.1) is 48.5 Å². The molecule has 4 heterocycles. The molecule has 1 aliphatic heterocycles. The predicted octanol–water partition coefficient (Wildman–Crippen LogP) is 1.22. The molecular formula is C19H21N9O4. The molecule has 1 aliphatic rings. The van der Waals surface area contributed by atoms with Crippen molar-refractivity contribution in [2.45, 2.75) is 12.3 Å². The Hall–Kier alpha value is -4.13. The van der Waals surface area contributed by atoms with Crippen LogP contribution in [0.1, 0.15) is 28.5 Å². The van der Waals surface area contributed by atoms with E-state index < -0.39 is 12.0 Å². The molecule has 2 amide bonds. The summed E-state index contributed by atoms with van der Waals surface area (Å²) in [4.78, 5) is 41.5. The molecule has 4 rings (SSSR count). The van der Waals surface area contributed by atoms with E-state index in [-0.39, 0.29) is 29.0 Å². The lowest BCUT2D eigenvalue weighted by Crippen LogP contribution is -2.25. The third-order valence-corrected chi connectivity index (χ3v) is 4.74. The number of carbonyl (C=O) groups is 2. The molecule has 0 radical (unpaired) electrons. The molecule has 13 heteroatoms. The summed E-state index contributed by atoms with van der Waals surface area (Å²) < 4.78 is 12.2. The van der Waals surface area contributed by atoms with Gasteiger partial charge in [0, 0.05) is 26.6 Å². The molecular weight excluding hydrogens is 418 g/mol. The number of nitrogens with zero attached hydrogens (tertiary/aromatic N) is 6. The van der Waals surface area contributed by atoms with Crippen LogP contribution >= 0.6 is 0 Å². The highest BCUT2D eigenvalue weighted by atomic mass is 16.6. The zero-order valence-electron chi connectivity index (χ0n) is 17.4. The Labute approximate surface area is 182 Å². The van der Waals surface area contributed by atoms with Crippen LogP contribution in [0.25, 0.3) is 0 Å². The monoisotopic (exact) mass is 439 g/mol.